The molecule has 0 amide bonds. The molecule has 1 fully saturated rings. The van der Waals surface area contributed by atoms with Gasteiger partial charge in [-0.15, -0.1) is 0 Å². The molecule has 2 aromatic heterocycles. The standard InChI is InChI=1S/C17H24N4O6S/c1-4-10(22)11-6-9(8(3)26-17(24)25-5-2)14(27-11)21-13-12(28-16(21)23)7-19-15(18)20-13/h7-11,14,22H,4-6H2,1-3H3,(H2,18,19,20)/t8-,9+,10+,11?,14-/m1/s1. The molecule has 2 aromatic rings. The van der Waals surface area contributed by atoms with Gasteiger partial charge in [-0.05, 0) is 26.7 Å². The molecule has 5 atom stereocenters. The third kappa shape index (κ3) is 3.96. The van der Waals surface area contributed by atoms with E-state index in [0.29, 0.717) is 23.2 Å². The van der Waals surface area contributed by atoms with Gasteiger partial charge in [0.25, 0.3) is 0 Å². The zero-order valence-corrected chi connectivity index (χ0v) is 16.7. The summed E-state index contributed by atoms with van der Waals surface area (Å²) in [5.74, 6) is -0.350. The average Bonchev–Trinajstić information content (AvgIpc) is 3.21. The van der Waals surface area contributed by atoms with Gasteiger partial charge >= 0.3 is 11.0 Å². The first-order valence-electron chi connectivity index (χ1n) is 9.16. The molecule has 0 aliphatic carbocycles. The highest BCUT2D eigenvalue weighted by Crippen LogP contribution is 2.40. The number of thiazole rings is 1. The first kappa shape index (κ1) is 20.5. The second-order valence-corrected chi connectivity index (χ2v) is 7.59. The topological polar surface area (TPSA) is 139 Å². The number of nitrogens with two attached hydrogens (primary N) is 1. The number of rotatable bonds is 6. The fourth-order valence-electron chi connectivity index (χ4n) is 3.37. The summed E-state index contributed by atoms with van der Waals surface area (Å²) in [5, 5.41) is 10.3. The summed E-state index contributed by atoms with van der Waals surface area (Å²) in [6, 6.07) is 0. The summed E-state index contributed by atoms with van der Waals surface area (Å²) in [5.41, 5.74) is 6.05. The average molecular weight is 412 g/mol. The Morgan fingerprint density at radius 2 is 2.29 bits per heavy atom. The van der Waals surface area contributed by atoms with Crippen LogP contribution in [0.3, 0.4) is 0 Å². The van der Waals surface area contributed by atoms with E-state index in [2.05, 4.69) is 9.97 Å². The second-order valence-electron chi connectivity index (χ2n) is 6.60. The molecule has 1 unspecified atom stereocenters. The Balaban J connectivity index is 1.98. The summed E-state index contributed by atoms with van der Waals surface area (Å²) in [6.07, 6.45) is -0.998. The van der Waals surface area contributed by atoms with Gasteiger partial charge in [0.15, 0.2) is 5.65 Å². The molecular formula is C17H24N4O6S. The second kappa shape index (κ2) is 8.41. The van der Waals surface area contributed by atoms with E-state index in [0.717, 1.165) is 11.3 Å². The molecule has 3 heterocycles. The number of aliphatic hydroxyl groups excluding tert-OH is 1. The Bertz CT molecular complexity index is 899. The van der Waals surface area contributed by atoms with Gasteiger partial charge < -0.3 is 25.1 Å². The molecule has 0 aromatic carbocycles. The number of anilines is 1. The van der Waals surface area contributed by atoms with Crippen LogP contribution >= 0.6 is 11.3 Å². The lowest BCUT2D eigenvalue weighted by Gasteiger charge is -2.24. The number of hydrogen-bond acceptors (Lipinski definition) is 10. The van der Waals surface area contributed by atoms with Gasteiger partial charge in [0.1, 0.15) is 12.3 Å². The van der Waals surface area contributed by atoms with Gasteiger partial charge in [0.2, 0.25) is 5.95 Å². The Morgan fingerprint density at radius 1 is 1.54 bits per heavy atom. The van der Waals surface area contributed by atoms with Gasteiger partial charge in [-0.1, -0.05) is 18.3 Å². The predicted octanol–water partition coefficient (Wildman–Crippen LogP) is 1.67. The number of fused-ring (bicyclic) bond motifs is 1. The van der Waals surface area contributed by atoms with Crippen molar-refractivity contribution in [2.24, 2.45) is 5.92 Å². The Labute approximate surface area is 165 Å². The van der Waals surface area contributed by atoms with Crippen LogP contribution in [-0.4, -0.2) is 50.7 Å². The zero-order chi connectivity index (χ0) is 20.4. The molecule has 10 nitrogen and oxygen atoms in total. The monoisotopic (exact) mass is 412 g/mol. The Kier molecular flexibility index (Phi) is 6.16. The van der Waals surface area contributed by atoms with Crippen LogP contribution in [0.2, 0.25) is 0 Å². The van der Waals surface area contributed by atoms with Crippen LogP contribution in [-0.2, 0) is 14.2 Å². The van der Waals surface area contributed by atoms with Crippen LogP contribution in [0, 0.1) is 5.92 Å². The molecule has 1 aliphatic heterocycles. The number of carbonyl (C=O) groups excluding carboxylic acids is 1. The van der Waals surface area contributed by atoms with Gasteiger partial charge in [-0.2, -0.15) is 4.98 Å². The van der Waals surface area contributed by atoms with Crippen LogP contribution < -0.4 is 10.6 Å². The maximum atomic E-state index is 12.7. The normalized spacial score (nSPS) is 24.2. The molecule has 1 saturated heterocycles. The van der Waals surface area contributed by atoms with E-state index in [4.69, 9.17) is 19.9 Å². The van der Waals surface area contributed by atoms with Gasteiger partial charge in [-0.3, -0.25) is 9.36 Å². The van der Waals surface area contributed by atoms with Crippen molar-refractivity contribution < 1.29 is 24.1 Å². The van der Waals surface area contributed by atoms with E-state index in [1.54, 1.807) is 13.8 Å². The number of nitrogen functional groups attached to an aromatic ring is 1. The van der Waals surface area contributed by atoms with Crippen molar-refractivity contribution in [1.82, 2.24) is 14.5 Å². The fraction of sp³-hybridized carbons (Fsp3) is 0.647. The lowest BCUT2D eigenvalue weighted by atomic mass is 9.95. The van der Waals surface area contributed by atoms with Crippen molar-refractivity contribution in [3.8, 4) is 0 Å². The predicted molar refractivity (Wildman–Crippen MR) is 102 cm³/mol. The zero-order valence-electron chi connectivity index (χ0n) is 15.9. The van der Waals surface area contributed by atoms with Crippen LogP contribution in [0.15, 0.2) is 11.0 Å². The summed E-state index contributed by atoms with van der Waals surface area (Å²) in [6.45, 7) is 5.43. The molecule has 154 valence electrons. The van der Waals surface area contributed by atoms with E-state index in [1.165, 1.54) is 10.8 Å². The van der Waals surface area contributed by atoms with Gasteiger partial charge in [-0.25, -0.2) is 9.78 Å². The van der Waals surface area contributed by atoms with Crippen molar-refractivity contribution in [3.05, 3.63) is 15.9 Å². The molecule has 0 bridgehead atoms. The van der Waals surface area contributed by atoms with Crippen molar-refractivity contribution in [2.75, 3.05) is 12.3 Å². The van der Waals surface area contributed by atoms with Crippen LogP contribution in [0.4, 0.5) is 10.7 Å². The molecule has 1 aliphatic rings. The first-order valence-corrected chi connectivity index (χ1v) is 9.97. The Morgan fingerprint density at radius 3 is 2.96 bits per heavy atom. The highest BCUT2D eigenvalue weighted by molar-refractivity contribution is 7.16. The number of aliphatic hydroxyl groups is 1. The number of hydrogen-bond donors (Lipinski definition) is 2. The third-order valence-electron chi connectivity index (χ3n) is 4.81. The minimum atomic E-state index is -0.790. The van der Waals surface area contributed by atoms with Crippen LogP contribution in [0.1, 0.15) is 39.8 Å². The number of aromatic nitrogens is 3. The van der Waals surface area contributed by atoms with Crippen molar-refractivity contribution in [3.63, 3.8) is 0 Å². The third-order valence-corrected chi connectivity index (χ3v) is 5.69. The molecule has 0 spiro atoms. The van der Waals surface area contributed by atoms with Crippen LogP contribution in [0.5, 0.6) is 0 Å². The van der Waals surface area contributed by atoms with E-state index < -0.39 is 30.7 Å². The van der Waals surface area contributed by atoms with Crippen molar-refractivity contribution in [1.29, 1.82) is 0 Å². The SMILES string of the molecule is CCOC(=O)O[C@H](C)[C@@H]1CC([C@@H](O)CC)O[C@H]1n1c(=O)sc2cnc(N)nc21. The van der Waals surface area contributed by atoms with Crippen molar-refractivity contribution >= 4 is 33.8 Å². The van der Waals surface area contributed by atoms with Gasteiger partial charge in [0.05, 0.1) is 29.7 Å². The molecular weight excluding hydrogens is 388 g/mol. The van der Waals surface area contributed by atoms with E-state index in [9.17, 15) is 14.7 Å². The largest absolute Gasteiger partial charge is 0.508 e. The smallest absolute Gasteiger partial charge is 0.435 e. The first-order chi connectivity index (χ1) is 13.3. The number of nitrogens with zero attached hydrogens (tertiary/aromatic N) is 3. The number of carbonyl (C=O) groups is 1. The molecule has 28 heavy (non-hydrogen) atoms. The Hall–Kier alpha value is -2.24. The summed E-state index contributed by atoms with van der Waals surface area (Å²) in [7, 11) is 0. The molecule has 3 N–H and O–H groups in total. The maximum Gasteiger partial charge on any atom is 0.508 e. The number of ether oxygens (including phenoxy) is 3. The maximum absolute atomic E-state index is 12.7. The highest BCUT2D eigenvalue weighted by atomic mass is 32.1. The molecule has 3 rings (SSSR count). The summed E-state index contributed by atoms with van der Waals surface area (Å²) < 4.78 is 18.2. The minimum Gasteiger partial charge on any atom is -0.435 e. The summed E-state index contributed by atoms with van der Waals surface area (Å²) >= 11 is 0.977. The van der Waals surface area contributed by atoms with Gasteiger partial charge in [0, 0.05) is 5.92 Å². The van der Waals surface area contributed by atoms with E-state index >= 15 is 0 Å². The highest BCUT2D eigenvalue weighted by Gasteiger charge is 2.44. The van der Waals surface area contributed by atoms with E-state index in [1.807, 2.05) is 6.92 Å². The summed E-state index contributed by atoms with van der Waals surface area (Å²) in [4.78, 5) is 32.2. The lowest BCUT2D eigenvalue weighted by Crippen LogP contribution is -2.32. The quantitative estimate of drug-likeness (QED) is 0.678. The van der Waals surface area contributed by atoms with Crippen LogP contribution in [0.25, 0.3) is 10.3 Å². The lowest BCUT2D eigenvalue weighted by molar-refractivity contribution is -0.0771. The molecule has 11 heteroatoms. The molecule has 0 radical (unpaired) electrons. The minimum absolute atomic E-state index is 0.0366. The van der Waals surface area contributed by atoms with Crippen molar-refractivity contribution in [2.45, 2.75) is 58.2 Å². The fourth-order valence-corrected chi connectivity index (χ4v) is 4.19. The van der Waals surface area contributed by atoms with E-state index in [-0.39, 0.29) is 23.3 Å². The molecule has 0 saturated carbocycles.